The predicted molar refractivity (Wildman–Crippen MR) is 77.8 cm³/mol. The lowest BCUT2D eigenvalue weighted by Crippen LogP contribution is -2.01. The van der Waals surface area contributed by atoms with Crippen molar-refractivity contribution in [2.24, 2.45) is 0 Å². The third-order valence-corrected chi connectivity index (χ3v) is 4.89. The van der Waals surface area contributed by atoms with Gasteiger partial charge in [-0.3, -0.25) is 4.72 Å². The van der Waals surface area contributed by atoms with Gasteiger partial charge in [0.15, 0.2) is 0 Å². The summed E-state index contributed by atoms with van der Waals surface area (Å²) in [5, 5.41) is 2.55. The van der Waals surface area contributed by atoms with E-state index in [9.17, 15) is 0 Å². The van der Waals surface area contributed by atoms with Crippen LogP contribution in [0.2, 0.25) is 0 Å². The van der Waals surface area contributed by atoms with Gasteiger partial charge in [0.25, 0.3) is 0 Å². The highest BCUT2D eigenvalue weighted by atomic mass is 32.2. The van der Waals surface area contributed by atoms with Crippen LogP contribution in [0.1, 0.15) is 5.56 Å². The van der Waals surface area contributed by atoms with E-state index in [4.69, 9.17) is 0 Å². The largest absolute Gasteiger partial charge is 0.275 e. The fourth-order valence-corrected chi connectivity index (χ4v) is 3.05. The van der Waals surface area contributed by atoms with Crippen LogP contribution in [0.25, 0.3) is 10.8 Å². The van der Waals surface area contributed by atoms with Crippen molar-refractivity contribution in [3.05, 3.63) is 42.0 Å². The molecule has 0 saturated carbocycles. The van der Waals surface area contributed by atoms with Gasteiger partial charge in [0.2, 0.25) is 0 Å². The van der Waals surface area contributed by atoms with Gasteiger partial charge in [-0.25, -0.2) is 0 Å². The maximum atomic E-state index is 4.20. The molecule has 0 aromatic heterocycles. The van der Waals surface area contributed by atoms with Crippen LogP contribution in [0.4, 0.5) is 0 Å². The van der Waals surface area contributed by atoms with Crippen LogP contribution in [0.3, 0.4) is 0 Å². The zero-order valence-electron chi connectivity index (χ0n) is 9.79. The Morgan fingerprint density at radius 3 is 2.31 bits per heavy atom. The molecule has 84 valence electrons. The standard InChI is InChI=1S/C14H17NS/c1-11-7-5-9-13-12(11)8-6-10-14(13)16(3,4)15-2/h5-10,15H,3-4H2,1-2H3. The summed E-state index contributed by atoms with van der Waals surface area (Å²) in [4.78, 5) is 1.22. The number of nitrogens with one attached hydrogen (secondary N) is 1. The van der Waals surface area contributed by atoms with Gasteiger partial charge in [0.05, 0.1) is 0 Å². The van der Waals surface area contributed by atoms with E-state index in [0.29, 0.717) is 0 Å². The molecule has 0 radical (unpaired) electrons. The maximum Gasteiger partial charge on any atom is 0.0165 e. The molecule has 0 amide bonds. The Kier molecular flexibility index (Phi) is 2.78. The van der Waals surface area contributed by atoms with Gasteiger partial charge < -0.3 is 0 Å². The fourth-order valence-electron chi connectivity index (χ4n) is 1.89. The van der Waals surface area contributed by atoms with Crippen molar-refractivity contribution in [3.8, 4) is 0 Å². The van der Waals surface area contributed by atoms with Gasteiger partial charge in [0, 0.05) is 4.90 Å². The summed E-state index contributed by atoms with van der Waals surface area (Å²) in [5.74, 6) is 8.40. The highest BCUT2D eigenvalue weighted by Crippen LogP contribution is 2.34. The summed E-state index contributed by atoms with van der Waals surface area (Å²) in [6.45, 7) is 2.13. The first-order valence-corrected chi connectivity index (χ1v) is 7.19. The molecule has 0 aliphatic carbocycles. The van der Waals surface area contributed by atoms with E-state index in [1.807, 2.05) is 7.05 Å². The lowest BCUT2D eigenvalue weighted by Gasteiger charge is -2.16. The molecule has 0 fully saturated rings. The molecule has 0 heterocycles. The summed E-state index contributed by atoms with van der Waals surface area (Å²) < 4.78 is 3.23. The van der Waals surface area contributed by atoms with Gasteiger partial charge in [-0.2, -0.15) is 0 Å². The summed E-state index contributed by atoms with van der Waals surface area (Å²) in [5.41, 5.74) is 1.30. The molecule has 0 saturated heterocycles. The van der Waals surface area contributed by atoms with Crippen molar-refractivity contribution in [1.29, 1.82) is 0 Å². The van der Waals surface area contributed by atoms with E-state index >= 15 is 0 Å². The quantitative estimate of drug-likeness (QED) is 0.782. The fraction of sp³-hybridized carbons (Fsp3) is 0.143. The number of fused-ring (bicyclic) bond motifs is 1. The molecule has 0 bridgehead atoms. The summed E-state index contributed by atoms with van der Waals surface area (Å²) in [6, 6.07) is 12.7. The van der Waals surface area contributed by atoms with Crippen LogP contribution in [-0.2, 0) is 0 Å². The number of aryl methyl sites for hydroxylation is 1. The highest BCUT2D eigenvalue weighted by molar-refractivity contribution is 8.26. The van der Waals surface area contributed by atoms with E-state index in [0.717, 1.165) is 0 Å². The van der Waals surface area contributed by atoms with Crippen molar-refractivity contribution in [1.82, 2.24) is 4.72 Å². The Morgan fingerprint density at radius 2 is 1.62 bits per heavy atom. The first kappa shape index (κ1) is 11.2. The minimum absolute atomic E-state index is 1.22. The predicted octanol–water partition coefficient (Wildman–Crippen LogP) is 3.31. The van der Waals surface area contributed by atoms with E-state index in [1.165, 1.54) is 21.2 Å². The second kappa shape index (κ2) is 3.96. The SMILES string of the molecule is C=S(=C)(NC)c1cccc2c(C)cccc12. The van der Waals surface area contributed by atoms with E-state index in [1.54, 1.807) is 0 Å². The molecule has 0 atom stereocenters. The number of hydrogen-bond donors (Lipinski definition) is 1. The minimum atomic E-state index is -1.39. The van der Waals surface area contributed by atoms with Crippen molar-refractivity contribution >= 4 is 31.9 Å². The van der Waals surface area contributed by atoms with Crippen LogP contribution < -0.4 is 4.72 Å². The molecule has 0 aliphatic heterocycles. The Balaban J connectivity index is 2.88. The molecule has 0 unspecified atom stereocenters. The summed E-state index contributed by atoms with van der Waals surface area (Å²) in [7, 11) is 0.529. The third-order valence-electron chi connectivity index (χ3n) is 2.91. The van der Waals surface area contributed by atoms with Gasteiger partial charge >= 0.3 is 0 Å². The van der Waals surface area contributed by atoms with Crippen LogP contribution >= 0.6 is 9.39 Å². The molecule has 16 heavy (non-hydrogen) atoms. The molecule has 2 aromatic carbocycles. The molecule has 0 aliphatic rings. The lowest BCUT2D eigenvalue weighted by molar-refractivity contribution is 1.28. The van der Waals surface area contributed by atoms with Crippen molar-refractivity contribution in [3.63, 3.8) is 0 Å². The molecule has 1 nitrogen and oxygen atoms in total. The number of benzene rings is 2. The minimum Gasteiger partial charge on any atom is -0.275 e. The molecule has 2 heteroatoms. The second-order valence-corrected chi connectivity index (χ2v) is 6.63. The second-order valence-electron chi connectivity index (χ2n) is 4.01. The molecule has 1 N–H and O–H groups in total. The maximum absolute atomic E-state index is 4.20. The van der Waals surface area contributed by atoms with Crippen LogP contribution in [0.5, 0.6) is 0 Å². The molecule has 0 spiro atoms. The Morgan fingerprint density at radius 1 is 1.00 bits per heavy atom. The normalized spacial score (nSPS) is 11.9. The number of rotatable bonds is 2. The first-order valence-electron chi connectivity index (χ1n) is 5.22. The first-order chi connectivity index (χ1) is 7.56. The monoisotopic (exact) mass is 231 g/mol. The summed E-state index contributed by atoms with van der Waals surface area (Å²) >= 11 is 0. The smallest absolute Gasteiger partial charge is 0.0165 e. The Bertz CT molecular complexity index is 624. The summed E-state index contributed by atoms with van der Waals surface area (Å²) in [6.07, 6.45) is 0. The van der Waals surface area contributed by atoms with Crippen LogP contribution in [0, 0.1) is 6.92 Å². The Hall–Kier alpha value is -1.25. The van der Waals surface area contributed by atoms with Crippen LogP contribution in [-0.4, -0.2) is 18.8 Å². The average molecular weight is 231 g/mol. The van der Waals surface area contributed by atoms with Crippen molar-refractivity contribution in [2.75, 3.05) is 7.05 Å². The molecule has 2 aromatic rings. The zero-order valence-corrected chi connectivity index (χ0v) is 10.6. The van der Waals surface area contributed by atoms with Gasteiger partial charge in [0.1, 0.15) is 0 Å². The van der Waals surface area contributed by atoms with Crippen molar-refractivity contribution in [2.45, 2.75) is 11.8 Å². The lowest BCUT2D eigenvalue weighted by atomic mass is 10.1. The highest BCUT2D eigenvalue weighted by Gasteiger charge is 2.05. The molecular weight excluding hydrogens is 214 g/mol. The van der Waals surface area contributed by atoms with Crippen LogP contribution in [0.15, 0.2) is 41.3 Å². The van der Waals surface area contributed by atoms with Crippen molar-refractivity contribution < 1.29 is 0 Å². The van der Waals surface area contributed by atoms with Gasteiger partial charge in [-0.05, 0) is 36.4 Å². The molecular formula is C14H17NS. The van der Waals surface area contributed by atoms with E-state index in [2.05, 4.69) is 59.8 Å². The number of hydrogen-bond acceptors (Lipinski definition) is 1. The van der Waals surface area contributed by atoms with E-state index in [-0.39, 0.29) is 0 Å². The zero-order chi connectivity index (χ0) is 11.8. The topological polar surface area (TPSA) is 12.0 Å². The van der Waals surface area contributed by atoms with Gasteiger partial charge in [-0.1, -0.05) is 42.1 Å². The molecule has 2 rings (SSSR count). The van der Waals surface area contributed by atoms with E-state index < -0.39 is 9.39 Å². The Labute approximate surface area is 97.7 Å². The third kappa shape index (κ3) is 1.75. The van der Waals surface area contributed by atoms with Gasteiger partial charge in [-0.15, -0.1) is 9.39 Å². The average Bonchev–Trinajstić information content (AvgIpc) is 2.29.